The summed E-state index contributed by atoms with van der Waals surface area (Å²) >= 11 is 0. The molecule has 0 saturated carbocycles. The molecule has 0 N–H and O–H groups in total. The van der Waals surface area contributed by atoms with E-state index in [0.29, 0.717) is 19.6 Å². The van der Waals surface area contributed by atoms with Crippen LogP contribution in [0.5, 0.6) is 0 Å². The van der Waals surface area contributed by atoms with E-state index in [1.54, 1.807) is 6.20 Å². The van der Waals surface area contributed by atoms with E-state index in [-0.39, 0.29) is 30.3 Å². The maximum Gasteiger partial charge on any atom is 0.242 e. The zero-order valence-electron chi connectivity index (χ0n) is 16.0. The van der Waals surface area contributed by atoms with Gasteiger partial charge in [0, 0.05) is 37.1 Å². The molecule has 0 spiro atoms. The Hall–Kier alpha value is -2.64. The van der Waals surface area contributed by atoms with Crippen LogP contribution >= 0.6 is 0 Å². The molecular formula is C19H25N5O3. The Balaban J connectivity index is 1.52. The molecule has 0 radical (unpaired) electrons. The molecule has 5 heterocycles. The second-order valence-electron chi connectivity index (χ2n) is 7.60. The summed E-state index contributed by atoms with van der Waals surface area (Å²) in [7, 11) is 0. The van der Waals surface area contributed by atoms with Crippen molar-refractivity contribution in [3.8, 4) is 0 Å². The summed E-state index contributed by atoms with van der Waals surface area (Å²) in [4.78, 5) is 33.8. The first-order valence-corrected chi connectivity index (χ1v) is 9.41. The standard InChI is InChI=1S/C19H25N5O3/c1-12-17(13(2)27-21-12)10-24-16-5-4-15(19(24)26)8-23(9-16)18(25)11-22-7-6-20-14(22)3/h6-7,15-16H,4-5,8-11H2,1-3H3/t15-,16+/m0/s1. The van der Waals surface area contributed by atoms with E-state index < -0.39 is 0 Å². The molecule has 0 aromatic carbocycles. The fraction of sp³-hybridized carbons (Fsp3) is 0.579. The monoisotopic (exact) mass is 371 g/mol. The lowest BCUT2D eigenvalue weighted by Gasteiger charge is -2.35. The molecule has 2 amide bonds. The predicted octanol–water partition coefficient (Wildman–Crippen LogP) is 1.45. The second kappa shape index (κ2) is 6.83. The predicted molar refractivity (Wildman–Crippen MR) is 96.6 cm³/mol. The first-order chi connectivity index (χ1) is 12.9. The Bertz CT molecular complexity index is 851. The van der Waals surface area contributed by atoms with E-state index in [1.165, 1.54) is 0 Å². The van der Waals surface area contributed by atoms with Gasteiger partial charge in [-0.05, 0) is 33.6 Å². The average molecular weight is 371 g/mol. The van der Waals surface area contributed by atoms with E-state index in [4.69, 9.17) is 4.52 Å². The minimum atomic E-state index is -0.128. The Morgan fingerprint density at radius 3 is 2.74 bits per heavy atom. The van der Waals surface area contributed by atoms with Crippen LogP contribution in [0.2, 0.25) is 0 Å². The smallest absolute Gasteiger partial charge is 0.242 e. The van der Waals surface area contributed by atoms with E-state index in [2.05, 4.69) is 10.1 Å². The zero-order chi connectivity index (χ0) is 19.1. The highest BCUT2D eigenvalue weighted by molar-refractivity contribution is 5.83. The molecule has 27 heavy (non-hydrogen) atoms. The summed E-state index contributed by atoms with van der Waals surface area (Å²) in [6.07, 6.45) is 5.28. The maximum absolute atomic E-state index is 13.0. The third-order valence-electron chi connectivity index (χ3n) is 5.88. The Morgan fingerprint density at radius 2 is 2.07 bits per heavy atom. The first-order valence-electron chi connectivity index (χ1n) is 9.41. The summed E-state index contributed by atoms with van der Waals surface area (Å²) < 4.78 is 7.10. The molecular weight excluding hydrogens is 346 g/mol. The summed E-state index contributed by atoms with van der Waals surface area (Å²) in [5.41, 5.74) is 1.80. The van der Waals surface area contributed by atoms with Crippen molar-refractivity contribution in [2.45, 2.75) is 52.7 Å². The minimum Gasteiger partial charge on any atom is -0.361 e. The van der Waals surface area contributed by atoms with Gasteiger partial charge in [-0.15, -0.1) is 0 Å². The molecule has 5 rings (SSSR count). The van der Waals surface area contributed by atoms with Crippen LogP contribution in [-0.4, -0.2) is 55.5 Å². The summed E-state index contributed by atoms with van der Waals surface area (Å²) in [6.45, 7) is 7.51. The Kier molecular flexibility index (Phi) is 4.49. The number of carbonyl (C=O) groups is 2. The quantitative estimate of drug-likeness (QED) is 0.812. The number of amides is 2. The van der Waals surface area contributed by atoms with Gasteiger partial charge >= 0.3 is 0 Å². The molecule has 2 atom stereocenters. The number of piperidine rings is 1. The summed E-state index contributed by atoms with van der Waals surface area (Å²) in [6, 6.07) is 0.0396. The number of aryl methyl sites for hydroxylation is 3. The van der Waals surface area contributed by atoms with Crippen LogP contribution in [0, 0.1) is 26.7 Å². The highest BCUT2D eigenvalue weighted by atomic mass is 16.5. The largest absolute Gasteiger partial charge is 0.361 e. The van der Waals surface area contributed by atoms with Crippen molar-refractivity contribution in [1.29, 1.82) is 0 Å². The van der Waals surface area contributed by atoms with Crippen molar-refractivity contribution in [3.63, 3.8) is 0 Å². The van der Waals surface area contributed by atoms with E-state index in [0.717, 1.165) is 35.7 Å². The van der Waals surface area contributed by atoms with Gasteiger partial charge in [-0.25, -0.2) is 4.98 Å². The lowest BCUT2D eigenvalue weighted by Crippen LogP contribution is -2.47. The molecule has 2 aromatic heterocycles. The highest BCUT2D eigenvalue weighted by Crippen LogP contribution is 2.31. The van der Waals surface area contributed by atoms with Crippen LogP contribution in [0.1, 0.15) is 35.7 Å². The molecule has 0 unspecified atom stereocenters. The van der Waals surface area contributed by atoms with Crippen molar-refractivity contribution in [2.24, 2.45) is 5.92 Å². The highest BCUT2D eigenvalue weighted by Gasteiger charge is 2.42. The number of rotatable bonds is 4. The minimum absolute atomic E-state index is 0.0396. The van der Waals surface area contributed by atoms with Gasteiger partial charge in [0.15, 0.2) is 0 Å². The van der Waals surface area contributed by atoms with Gasteiger partial charge < -0.3 is 18.9 Å². The zero-order valence-corrected chi connectivity index (χ0v) is 16.0. The van der Waals surface area contributed by atoms with Crippen LogP contribution in [-0.2, 0) is 22.7 Å². The Morgan fingerprint density at radius 1 is 1.26 bits per heavy atom. The van der Waals surface area contributed by atoms with Gasteiger partial charge in [-0.1, -0.05) is 5.16 Å². The molecule has 3 aliphatic rings. The van der Waals surface area contributed by atoms with Crippen LogP contribution in [0.4, 0.5) is 0 Å². The number of hydrogen-bond acceptors (Lipinski definition) is 5. The third kappa shape index (κ3) is 3.24. The van der Waals surface area contributed by atoms with Crippen molar-refractivity contribution in [1.82, 2.24) is 24.5 Å². The molecule has 144 valence electrons. The average Bonchev–Trinajstić information content (AvgIpc) is 3.04. The lowest BCUT2D eigenvalue weighted by molar-refractivity contribution is -0.140. The molecule has 2 aromatic rings. The van der Waals surface area contributed by atoms with Crippen LogP contribution < -0.4 is 0 Å². The molecule has 2 bridgehead atoms. The second-order valence-corrected chi connectivity index (χ2v) is 7.60. The number of imidazole rings is 1. The molecule has 0 aliphatic carbocycles. The van der Waals surface area contributed by atoms with Gasteiger partial charge in [0.05, 0.1) is 18.2 Å². The first kappa shape index (κ1) is 17.8. The molecule has 8 heteroatoms. The van der Waals surface area contributed by atoms with Crippen molar-refractivity contribution < 1.29 is 14.1 Å². The summed E-state index contributed by atoms with van der Waals surface area (Å²) in [5, 5.41) is 4.00. The molecule has 8 nitrogen and oxygen atoms in total. The van der Waals surface area contributed by atoms with Crippen LogP contribution in [0.25, 0.3) is 0 Å². The van der Waals surface area contributed by atoms with Gasteiger partial charge in [-0.2, -0.15) is 0 Å². The van der Waals surface area contributed by atoms with Gasteiger partial charge in [0.1, 0.15) is 18.1 Å². The number of hydrogen-bond donors (Lipinski definition) is 0. The normalized spacial score (nSPS) is 22.4. The third-order valence-corrected chi connectivity index (χ3v) is 5.88. The maximum atomic E-state index is 13.0. The molecule has 3 fully saturated rings. The summed E-state index contributed by atoms with van der Waals surface area (Å²) in [5.74, 6) is 1.62. The molecule has 3 saturated heterocycles. The number of fused-ring (bicyclic) bond motifs is 4. The lowest BCUT2D eigenvalue weighted by atomic mass is 9.93. The SMILES string of the molecule is Cc1noc(C)c1CN1C(=O)[C@H]2CC[C@@H]1CN(C(=O)Cn1ccnc1C)C2. The number of nitrogens with zero attached hydrogens (tertiary/aromatic N) is 5. The van der Waals surface area contributed by atoms with Crippen LogP contribution in [0.3, 0.4) is 0 Å². The van der Waals surface area contributed by atoms with Crippen molar-refractivity contribution in [2.75, 3.05) is 13.1 Å². The van der Waals surface area contributed by atoms with Crippen molar-refractivity contribution >= 4 is 11.8 Å². The van der Waals surface area contributed by atoms with Crippen molar-refractivity contribution in [3.05, 3.63) is 35.2 Å². The van der Waals surface area contributed by atoms with E-state index in [9.17, 15) is 9.59 Å². The van der Waals surface area contributed by atoms with E-state index >= 15 is 0 Å². The number of aromatic nitrogens is 3. The number of carbonyl (C=O) groups excluding carboxylic acids is 2. The topological polar surface area (TPSA) is 84.5 Å². The van der Waals surface area contributed by atoms with Crippen LogP contribution in [0.15, 0.2) is 16.9 Å². The Labute approximate surface area is 158 Å². The van der Waals surface area contributed by atoms with Gasteiger partial charge in [0.25, 0.3) is 0 Å². The van der Waals surface area contributed by atoms with Gasteiger partial charge in [0.2, 0.25) is 11.8 Å². The fourth-order valence-corrected chi connectivity index (χ4v) is 4.17. The molecule has 3 aliphatic heterocycles. The van der Waals surface area contributed by atoms with E-state index in [1.807, 2.05) is 41.3 Å². The van der Waals surface area contributed by atoms with Gasteiger partial charge in [-0.3, -0.25) is 9.59 Å². The fourth-order valence-electron chi connectivity index (χ4n) is 4.17.